The minimum Gasteiger partial charge on any atom is -0.378 e. The van der Waals surface area contributed by atoms with Gasteiger partial charge in [-0.15, -0.1) is 0 Å². The molecule has 1 aromatic heterocycles. The first-order valence-corrected chi connectivity index (χ1v) is 10.9. The van der Waals surface area contributed by atoms with Crippen LogP contribution in [0, 0.1) is 5.92 Å². The Morgan fingerprint density at radius 2 is 1.97 bits per heavy atom. The van der Waals surface area contributed by atoms with Gasteiger partial charge >= 0.3 is 0 Å². The number of aromatic nitrogens is 2. The average molecular weight is 425 g/mol. The number of amides is 1. The summed E-state index contributed by atoms with van der Waals surface area (Å²) in [5.41, 5.74) is 3.87. The number of morpholine rings is 1. The number of anilines is 1. The predicted molar refractivity (Wildman–Crippen MR) is 119 cm³/mol. The van der Waals surface area contributed by atoms with E-state index in [9.17, 15) is 4.79 Å². The van der Waals surface area contributed by atoms with Gasteiger partial charge in [-0.3, -0.25) is 4.79 Å². The summed E-state index contributed by atoms with van der Waals surface area (Å²) in [6.45, 7) is 4.35. The SMILES string of the molecule is O=C(C1CCCN(c2ccc(Cl)c(-c3nc4ccccc4[nH]3)c2)C1)N1CCOCC1. The van der Waals surface area contributed by atoms with Crippen LogP contribution in [0.1, 0.15) is 12.8 Å². The Kier molecular flexibility index (Phi) is 5.35. The third-order valence-corrected chi connectivity index (χ3v) is 6.38. The standard InChI is InChI=1S/C23H25ClN4O2/c24-19-8-7-17(14-18(19)22-25-20-5-1-2-6-21(20)26-22)28-9-3-4-16(15-28)23(29)27-10-12-30-13-11-27/h1-2,5-8,14,16H,3-4,9-13,15H2,(H,25,26). The van der Waals surface area contributed by atoms with Crippen LogP contribution in [0.4, 0.5) is 5.69 Å². The van der Waals surface area contributed by atoms with Gasteiger partial charge in [-0.25, -0.2) is 4.98 Å². The Morgan fingerprint density at radius 3 is 2.80 bits per heavy atom. The van der Waals surface area contributed by atoms with E-state index in [1.165, 1.54) is 0 Å². The molecule has 2 aromatic carbocycles. The van der Waals surface area contributed by atoms with E-state index in [0.29, 0.717) is 31.3 Å². The molecule has 2 aliphatic heterocycles. The highest BCUT2D eigenvalue weighted by Crippen LogP contribution is 2.33. The number of piperidine rings is 1. The molecule has 3 aromatic rings. The minimum absolute atomic E-state index is 0.0298. The molecular formula is C23H25ClN4O2. The van der Waals surface area contributed by atoms with Gasteiger partial charge in [-0.1, -0.05) is 23.7 Å². The average Bonchev–Trinajstić information content (AvgIpc) is 3.23. The second kappa shape index (κ2) is 8.28. The van der Waals surface area contributed by atoms with Gasteiger partial charge in [0.2, 0.25) is 5.91 Å². The van der Waals surface area contributed by atoms with Crippen molar-refractivity contribution in [1.29, 1.82) is 0 Å². The summed E-state index contributed by atoms with van der Waals surface area (Å²) in [4.78, 5) is 25.3. The molecular weight excluding hydrogens is 400 g/mol. The quantitative estimate of drug-likeness (QED) is 0.691. The van der Waals surface area contributed by atoms with Gasteiger partial charge in [0.15, 0.2) is 0 Å². The Morgan fingerprint density at radius 1 is 1.13 bits per heavy atom. The smallest absolute Gasteiger partial charge is 0.227 e. The molecule has 3 heterocycles. The number of carbonyl (C=O) groups is 1. The van der Waals surface area contributed by atoms with Crippen LogP contribution in [0.3, 0.4) is 0 Å². The van der Waals surface area contributed by atoms with E-state index in [1.807, 2.05) is 41.3 Å². The molecule has 0 bridgehead atoms. The third kappa shape index (κ3) is 3.77. The zero-order chi connectivity index (χ0) is 20.5. The number of carbonyl (C=O) groups excluding carboxylic acids is 1. The lowest BCUT2D eigenvalue weighted by molar-refractivity contribution is -0.139. The van der Waals surface area contributed by atoms with Crippen LogP contribution in [0.5, 0.6) is 0 Å². The first kappa shape index (κ1) is 19.4. The number of benzene rings is 2. The number of hydrogen-bond donors (Lipinski definition) is 1. The summed E-state index contributed by atoms with van der Waals surface area (Å²) < 4.78 is 5.39. The molecule has 0 aliphatic carbocycles. The van der Waals surface area contributed by atoms with Gasteiger partial charge in [0, 0.05) is 37.4 Å². The fraction of sp³-hybridized carbons (Fsp3) is 0.391. The summed E-state index contributed by atoms with van der Waals surface area (Å²) in [7, 11) is 0. The number of H-pyrrole nitrogens is 1. The van der Waals surface area contributed by atoms with Crippen LogP contribution in [0.15, 0.2) is 42.5 Å². The van der Waals surface area contributed by atoms with E-state index in [2.05, 4.69) is 16.0 Å². The van der Waals surface area contributed by atoms with Crippen molar-refractivity contribution < 1.29 is 9.53 Å². The Balaban J connectivity index is 1.38. The maximum atomic E-state index is 13.0. The first-order valence-electron chi connectivity index (χ1n) is 10.6. The number of rotatable bonds is 3. The number of ether oxygens (including phenoxy) is 1. The molecule has 0 radical (unpaired) electrons. The van der Waals surface area contributed by atoms with Gasteiger partial charge in [-0.05, 0) is 43.2 Å². The lowest BCUT2D eigenvalue weighted by Crippen LogP contribution is -2.48. The number of imidazole rings is 1. The number of halogens is 1. The fourth-order valence-corrected chi connectivity index (χ4v) is 4.63. The van der Waals surface area contributed by atoms with Crippen LogP contribution in [0.25, 0.3) is 22.4 Å². The molecule has 2 aliphatic rings. The number of fused-ring (bicyclic) bond motifs is 1. The maximum Gasteiger partial charge on any atom is 0.227 e. The Labute approximate surface area is 180 Å². The topological polar surface area (TPSA) is 61.5 Å². The second-order valence-electron chi connectivity index (χ2n) is 7.99. The molecule has 2 fully saturated rings. The monoisotopic (exact) mass is 424 g/mol. The highest BCUT2D eigenvalue weighted by atomic mass is 35.5. The third-order valence-electron chi connectivity index (χ3n) is 6.05. The van der Waals surface area contributed by atoms with Crippen LogP contribution in [0.2, 0.25) is 5.02 Å². The lowest BCUT2D eigenvalue weighted by atomic mass is 9.95. The molecule has 1 N–H and O–H groups in total. The summed E-state index contributed by atoms with van der Waals surface area (Å²) in [5.74, 6) is 1.05. The molecule has 30 heavy (non-hydrogen) atoms. The molecule has 1 unspecified atom stereocenters. The summed E-state index contributed by atoms with van der Waals surface area (Å²) >= 11 is 6.53. The van der Waals surface area contributed by atoms with Crippen molar-refractivity contribution in [1.82, 2.24) is 14.9 Å². The fourth-order valence-electron chi connectivity index (χ4n) is 4.43. The number of aromatic amines is 1. The number of hydrogen-bond acceptors (Lipinski definition) is 4. The van der Waals surface area contributed by atoms with Crippen molar-refractivity contribution in [3.05, 3.63) is 47.5 Å². The zero-order valence-electron chi connectivity index (χ0n) is 16.8. The van der Waals surface area contributed by atoms with E-state index < -0.39 is 0 Å². The lowest BCUT2D eigenvalue weighted by Gasteiger charge is -2.37. The Bertz CT molecular complexity index is 1030. The van der Waals surface area contributed by atoms with E-state index in [1.54, 1.807) is 0 Å². The van der Waals surface area contributed by atoms with E-state index in [-0.39, 0.29) is 11.8 Å². The highest BCUT2D eigenvalue weighted by Gasteiger charge is 2.30. The van der Waals surface area contributed by atoms with Gasteiger partial charge in [-0.2, -0.15) is 0 Å². The van der Waals surface area contributed by atoms with Crippen molar-refractivity contribution in [3.63, 3.8) is 0 Å². The molecule has 7 heteroatoms. The van der Waals surface area contributed by atoms with Gasteiger partial charge in [0.25, 0.3) is 0 Å². The van der Waals surface area contributed by atoms with Crippen LogP contribution >= 0.6 is 11.6 Å². The summed E-state index contributed by atoms with van der Waals surface area (Å²) in [6.07, 6.45) is 1.94. The molecule has 1 amide bonds. The normalized spacial score (nSPS) is 20.0. The van der Waals surface area contributed by atoms with Crippen molar-refractivity contribution in [2.45, 2.75) is 12.8 Å². The van der Waals surface area contributed by atoms with E-state index in [0.717, 1.165) is 54.0 Å². The second-order valence-corrected chi connectivity index (χ2v) is 8.40. The Hall–Kier alpha value is -2.57. The molecule has 0 spiro atoms. The van der Waals surface area contributed by atoms with Crippen molar-refractivity contribution in [2.75, 3.05) is 44.3 Å². The number of nitrogens with one attached hydrogen (secondary N) is 1. The molecule has 5 rings (SSSR count). The predicted octanol–water partition coefficient (Wildman–Crippen LogP) is 3.96. The number of nitrogens with zero attached hydrogens (tertiary/aromatic N) is 3. The van der Waals surface area contributed by atoms with Crippen molar-refractivity contribution >= 4 is 34.2 Å². The first-order chi connectivity index (χ1) is 14.7. The summed E-state index contributed by atoms with van der Waals surface area (Å²) in [5, 5.41) is 0.663. The van der Waals surface area contributed by atoms with Crippen LogP contribution in [-0.2, 0) is 9.53 Å². The molecule has 6 nitrogen and oxygen atoms in total. The highest BCUT2D eigenvalue weighted by molar-refractivity contribution is 6.33. The largest absolute Gasteiger partial charge is 0.378 e. The van der Waals surface area contributed by atoms with Gasteiger partial charge < -0.3 is 19.5 Å². The minimum atomic E-state index is 0.0298. The summed E-state index contributed by atoms with van der Waals surface area (Å²) in [6, 6.07) is 14.0. The van der Waals surface area contributed by atoms with Crippen LogP contribution < -0.4 is 4.90 Å². The molecule has 156 valence electrons. The van der Waals surface area contributed by atoms with Crippen molar-refractivity contribution in [2.24, 2.45) is 5.92 Å². The van der Waals surface area contributed by atoms with Crippen molar-refractivity contribution in [3.8, 4) is 11.4 Å². The molecule has 0 saturated carbocycles. The number of para-hydroxylation sites is 2. The molecule has 1 atom stereocenters. The maximum absolute atomic E-state index is 13.0. The van der Waals surface area contributed by atoms with Gasteiger partial charge in [0.05, 0.1) is 35.2 Å². The van der Waals surface area contributed by atoms with Crippen LogP contribution in [-0.4, -0.2) is 60.2 Å². The van der Waals surface area contributed by atoms with E-state index in [4.69, 9.17) is 21.3 Å². The zero-order valence-corrected chi connectivity index (χ0v) is 17.6. The van der Waals surface area contributed by atoms with Gasteiger partial charge in [0.1, 0.15) is 5.82 Å². The molecule has 2 saturated heterocycles. The van der Waals surface area contributed by atoms with E-state index >= 15 is 0 Å².